The Hall–Kier alpha value is 0.0200. The molecule has 0 saturated heterocycles. The molecular weight excluding hydrogens is 518 g/mol. The van der Waals surface area contributed by atoms with E-state index < -0.39 is 0 Å². The first kappa shape index (κ1) is 14.9. The van der Waals surface area contributed by atoms with E-state index in [-0.39, 0.29) is 0 Å². The molecule has 0 saturated carbocycles. The summed E-state index contributed by atoms with van der Waals surface area (Å²) in [5.74, 6) is 0. The highest BCUT2D eigenvalue weighted by atomic mass is 127. The standard InChI is InChI=1S/C11H11I2N5P2/c1-6-8(4-15-17(6)19-12)7-2-10(14)9-5-16-18(20-13)11(9)3-7/h2-5,19-20H,14H2,1H3. The third-order valence-corrected chi connectivity index (χ3v) is 7.07. The normalized spacial score (nSPS) is 12.6. The number of hydrogen-bond acceptors (Lipinski definition) is 3. The molecule has 0 amide bonds. The van der Waals surface area contributed by atoms with Crippen molar-refractivity contribution in [1.29, 1.82) is 0 Å². The molecule has 2 unspecified atom stereocenters. The van der Waals surface area contributed by atoms with Crippen molar-refractivity contribution in [2.45, 2.75) is 6.92 Å². The predicted molar refractivity (Wildman–Crippen MR) is 106 cm³/mol. The van der Waals surface area contributed by atoms with Crippen LogP contribution in [0.4, 0.5) is 5.69 Å². The van der Waals surface area contributed by atoms with Gasteiger partial charge in [0.15, 0.2) is 0 Å². The maximum Gasteiger partial charge on any atom is 0.0756 e. The molecule has 0 aliphatic heterocycles. The molecule has 0 fully saturated rings. The van der Waals surface area contributed by atoms with Gasteiger partial charge in [0.25, 0.3) is 0 Å². The summed E-state index contributed by atoms with van der Waals surface area (Å²) in [5.41, 5.74) is 11.4. The molecule has 2 heterocycles. The molecule has 104 valence electrons. The topological polar surface area (TPSA) is 61.7 Å². The molecule has 0 radical (unpaired) electrons. The van der Waals surface area contributed by atoms with Crippen molar-refractivity contribution in [3.63, 3.8) is 0 Å². The molecule has 2 aromatic heterocycles. The maximum absolute atomic E-state index is 6.17. The highest BCUT2D eigenvalue weighted by Crippen LogP contribution is 2.36. The predicted octanol–water partition coefficient (Wildman–Crippen LogP) is 4.37. The zero-order valence-electron chi connectivity index (χ0n) is 10.4. The van der Waals surface area contributed by atoms with Gasteiger partial charge in [-0.2, -0.15) is 10.2 Å². The second kappa shape index (κ2) is 6.02. The van der Waals surface area contributed by atoms with Gasteiger partial charge in [-0.25, -0.2) is 8.90 Å². The Bertz CT molecular complexity index is 783. The van der Waals surface area contributed by atoms with Crippen LogP contribution in [0.15, 0.2) is 24.5 Å². The lowest BCUT2D eigenvalue weighted by atomic mass is 10.0. The van der Waals surface area contributed by atoms with Gasteiger partial charge >= 0.3 is 0 Å². The molecule has 1 aromatic carbocycles. The van der Waals surface area contributed by atoms with Gasteiger partial charge in [-0.3, -0.25) is 0 Å². The minimum absolute atomic E-state index is 0.561. The minimum atomic E-state index is 0.561. The number of rotatable bonds is 3. The van der Waals surface area contributed by atoms with Gasteiger partial charge in [0.2, 0.25) is 0 Å². The second-order valence-electron chi connectivity index (χ2n) is 4.28. The van der Waals surface area contributed by atoms with Crippen LogP contribution in [-0.2, 0) is 0 Å². The average molecular weight is 529 g/mol. The maximum atomic E-state index is 6.17. The molecule has 5 nitrogen and oxygen atoms in total. The van der Waals surface area contributed by atoms with Gasteiger partial charge < -0.3 is 5.73 Å². The van der Waals surface area contributed by atoms with Crippen LogP contribution >= 0.6 is 56.8 Å². The van der Waals surface area contributed by atoms with Crippen LogP contribution < -0.4 is 5.73 Å². The number of halogens is 2. The Balaban J connectivity index is 2.23. The molecule has 3 rings (SSSR count). The van der Waals surface area contributed by atoms with E-state index in [4.69, 9.17) is 5.73 Å². The molecule has 2 N–H and O–H groups in total. The summed E-state index contributed by atoms with van der Waals surface area (Å²) in [5, 5.41) is 9.80. The SMILES string of the molecule is Cc1c(-c2cc(N)c3cnn(PI)c3c2)cnn1PI. The fourth-order valence-electron chi connectivity index (χ4n) is 2.15. The lowest BCUT2D eigenvalue weighted by molar-refractivity contribution is 0.969. The van der Waals surface area contributed by atoms with Gasteiger partial charge in [0.05, 0.1) is 30.7 Å². The molecule has 3 aromatic rings. The summed E-state index contributed by atoms with van der Waals surface area (Å²) in [4.78, 5) is 0. The van der Waals surface area contributed by atoms with E-state index in [0.717, 1.165) is 27.7 Å². The molecule has 2 atom stereocenters. The van der Waals surface area contributed by atoms with Crippen molar-refractivity contribution in [2.24, 2.45) is 0 Å². The van der Waals surface area contributed by atoms with Crippen molar-refractivity contribution >= 4 is 73.4 Å². The van der Waals surface area contributed by atoms with Crippen LogP contribution in [0, 0.1) is 6.92 Å². The van der Waals surface area contributed by atoms with Gasteiger partial charge in [0, 0.05) is 22.3 Å². The van der Waals surface area contributed by atoms with Crippen LogP contribution in [0.2, 0.25) is 0 Å². The number of nitrogen functional groups attached to an aromatic ring is 1. The van der Waals surface area contributed by atoms with E-state index in [1.807, 2.05) is 27.4 Å². The first-order valence-corrected chi connectivity index (χ1v) is 13.8. The van der Waals surface area contributed by atoms with E-state index in [1.165, 1.54) is 5.69 Å². The smallest absolute Gasteiger partial charge is 0.0756 e. The highest BCUT2D eigenvalue weighted by Gasteiger charge is 2.12. The van der Waals surface area contributed by atoms with Gasteiger partial charge in [-0.1, -0.05) is 0 Å². The Labute approximate surface area is 145 Å². The van der Waals surface area contributed by atoms with E-state index in [1.54, 1.807) is 0 Å². The Morgan fingerprint density at radius 1 is 1.10 bits per heavy atom. The quantitative estimate of drug-likeness (QED) is 0.312. The van der Waals surface area contributed by atoms with E-state index >= 15 is 0 Å². The number of nitrogens with two attached hydrogens (primary N) is 1. The van der Waals surface area contributed by atoms with E-state index in [2.05, 4.69) is 67.3 Å². The molecule has 0 aliphatic rings. The minimum Gasteiger partial charge on any atom is -0.398 e. The van der Waals surface area contributed by atoms with E-state index in [9.17, 15) is 0 Å². The third kappa shape index (κ3) is 2.46. The molecule has 0 spiro atoms. The van der Waals surface area contributed by atoms with Crippen LogP contribution in [0.3, 0.4) is 0 Å². The lowest BCUT2D eigenvalue weighted by Crippen LogP contribution is -1.91. The monoisotopic (exact) mass is 529 g/mol. The van der Waals surface area contributed by atoms with Gasteiger partial charge in [0.1, 0.15) is 0 Å². The fraction of sp³-hybridized carbons (Fsp3) is 0.0909. The summed E-state index contributed by atoms with van der Waals surface area (Å²) >= 11 is 4.66. The lowest BCUT2D eigenvalue weighted by Gasteiger charge is -2.06. The Morgan fingerprint density at radius 3 is 2.45 bits per heavy atom. The summed E-state index contributed by atoms with van der Waals surface area (Å²) in [6.45, 7) is 2.09. The molecular formula is C11H11I2N5P2. The second-order valence-corrected chi connectivity index (χ2v) is 8.36. The summed E-state index contributed by atoms with van der Waals surface area (Å²) < 4.78 is 3.99. The first-order chi connectivity index (χ1) is 9.65. The number of aromatic nitrogens is 4. The molecule has 9 heteroatoms. The van der Waals surface area contributed by atoms with Crippen molar-refractivity contribution in [3.8, 4) is 11.1 Å². The van der Waals surface area contributed by atoms with Gasteiger partial charge in [-0.05, 0) is 68.7 Å². The van der Waals surface area contributed by atoms with Crippen molar-refractivity contribution in [1.82, 2.24) is 19.1 Å². The number of anilines is 1. The summed E-state index contributed by atoms with van der Waals surface area (Å²) in [6, 6.07) is 4.16. The van der Waals surface area contributed by atoms with Crippen LogP contribution in [0.5, 0.6) is 0 Å². The summed E-state index contributed by atoms with van der Waals surface area (Å²) in [6.07, 6.45) is 4.91. The first-order valence-electron chi connectivity index (χ1n) is 5.71. The zero-order valence-corrected chi connectivity index (χ0v) is 16.7. The van der Waals surface area contributed by atoms with Crippen molar-refractivity contribution in [2.75, 3.05) is 5.73 Å². The van der Waals surface area contributed by atoms with Crippen molar-refractivity contribution in [3.05, 3.63) is 30.2 Å². The molecule has 20 heavy (non-hydrogen) atoms. The fourth-order valence-corrected chi connectivity index (χ4v) is 5.49. The largest absolute Gasteiger partial charge is 0.398 e. The zero-order chi connectivity index (χ0) is 14.3. The number of hydrogen-bond donors (Lipinski definition) is 1. The average Bonchev–Trinajstić information content (AvgIpc) is 3.02. The number of fused-ring (bicyclic) bond motifs is 1. The van der Waals surface area contributed by atoms with Crippen LogP contribution in [-0.4, -0.2) is 19.1 Å². The van der Waals surface area contributed by atoms with E-state index in [0.29, 0.717) is 12.7 Å². The highest BCUT2D eigenvalue weighted by molar-refractivity contribution is 14.2. The van der Waals surface area contributed by atoms with Gasteiger partial charge in [-0.15, -0.1) is 0 Å². The van der Waals surface area contributed by atoms with Crippen LogP contribution in [0.25, 0.3) is 22.0 Å². The molecule has 0 bridgehead atoms. The van der Waals surface area contributed by atoms with Crippen LogP contribution in [0.1, 0.15) is 5.69 Å². The number of benzene rings is 1. The number of nitrogens with zero attached hydrogens (tertiary/aromatic N) is 4. The Kier molecular flexibility index (Phi) is 4.50. The third-order valence-electron chi connectivity index (χ3n) is 3.20. The van der Waals surface area contributed by atoms with Crippen molar-refractivity contribution < 1.29 is 0 Å². The summed E-state index contributed by atoms with van der Waals surface area (Å²) in [7, 11) is 0. The molecule has 0 aliphatic carbocycles. The Morgan fingerprint density at radius 2 is 1.80 bits per heavy atom.